The zero-order chi connectivity index (χ0) is 7.33. The lowest BCUT2D eigenvalue weighted by Gasteiger charge is -1.99. The summed E-state index contributed by atoms with van der Waals surface area (Å²) >= 11 is 5.02. The average molecular weight is 173 g/mol. The maximum absolute atomic E-state index is 9.90. The van der Waals surface area contributed by atoms with Crippen LogP contribution in [0, 0.1) is 0 Å². The molecule has 6 heteroatoms. The van der Waals surface area contributed by atoms with Gasteiger partial charge in [0.25, 0.3) is 0 Å². The molecule has 0 heterocycles. The van der Waals surface area contributed by atoms with Gasteiger partial charge in [-0.2, -0.15) is 0 Å². The smallest absolute Gasteiger partial charge is 0.303 e. The number of phosphoric ester groups is 1. The van der Waals surface area contributed by atoms with Crippen molar-refractivity contribution >= 4 is 19.4 Å². The zero-order valence-electron chi connectivity index (χ0n) is 4.40. The van der Waals surface area contributed by atoms with E-state index in [1.807, 2.05) is 0 Å². The molecule has 0 atom stereocenters. The SMILES string of the molecule is O=P(O)(O)OCC=CCl. The van der Waals surface area contributed by atoms with E-state index < -0.39 is 7.82 Å². The molecule has 0 aliphatic heterocycles. The summed E-state index contributed by atoms with van der Waals surface area (Å²) in [6.07, 6.45) is 1.28. The predicted octanol–water partition coefficient (Wildman–Crippen LogP) is 0.848. The molecule has 0 aromatic heterocycles. The lowest BCUT2D eigenvalue weighted by molar-refractivity contribution is 0.216. The maximum atomic E-state index is 9.90. The number of phosphoric acid groups is 1. The first-order valence-corrected chi connectivity index (χ1v) is 3.98. The van der Waals surface area contributed by atoms with Gasteiger partial charge >= 0.3 is 7.82 Å². The Kier molecular flexibility index (Phi) is 4.10. The van der Waals surface area contributed by atoms with E-state index in [-0.39, 0.29) is 6.61 Å². The standard InChI is InChI=1S/C3H6ClO4P/c4-2-1-3-8-9(5,6)7/h1-2H,3H2,(H2,5,6,7). The molecule has 0 amide bonds. The van der Waals surface area contributed by atoms with Crippen molar-refractivity contribution in [1.29, 1.82) is 0 Å². The second-order valence-corrected chi connectivity index (χ2v) is 2.64. The molecule has 9 heavy (non-hydrogen) atoms. The van der Waals surface area contributed by atoms with Gasteiger partial charge in [-0.25, -0.2) is 4.57 Å². The van der Waals surface area contributed by atoms with Gasteiger partial charge in [-0.1, -0.05) is 11.6 Å². The molecule has 0 rings (SSSR count). The summed E-state index contributed by atoms with van der Waals surface area (Å²) in [6.45, 7) is -0.173. The first kappa shape index (κ1) is 9.14. The molecule has 54 valence electrons. The second kappa shape index (κ2) is 4.04. The number of hydrogen-bond donors (Lipinski definition) is 2. The van der Waals surface area contributed by atoms with Gasteiger partial charge in [0, 0.05) is 5.54 Å². The van der Waals surface area contributed by atoms with Gasteiger partial charge < -0.3 is 9.79 Å². The summed E-state index contributed by atoms with van der Waals surface area (Å²) in [4.78, 5) is 16.1. The molecule has 0 aliphatic rings. The Bertz CT molecular complexity index is 139. The van der Waals surface area contributed by atoms with E-state index in [4.69, 9.17) is 21.4 Å². The van der Waals surface area contributed by atoms with Crippen LogP contribution in [0.15, 0.2) is 11.6 Å². The first-order valence-electron chi connectivity index (χ1n) is 2.01. The summed E-state index contributed by atoms with van der Waals surface area (Å²) < 4.78 is 13.9. The van der Waals surface area contributed by atoms with Gasteiger partial charge in [-0.05, 0) is 6.08 Å². The summed E-state index contributed by atoms with van der Waals surface area (Å²) in [5.41, 5.74) is 1.12. The van der Waals surface area contributed by atoms with Crippen LogP contribution in [-0.4, -0.2) is 16.4 Å². The predicted molar refractivity (Wildman–Crippen MR) is 33.0 cm³/mol. The van der Waals surface area contributed by atoms with Crippen molar-refractivity contribution in [2.75, 3.05) is 6.61 Å². The van der Waals surface area contributed by atoms with Crippen molar-refractivity contribution < 1.29 is 18.9 Å². The van der Waals surface area contributed by atoms with Gasteiger partial charge in [0.2, 0.25) is 0 Å². The van der Waals surface area contributed by atoms with E-state index >= 15 is 0 Å². The van der Waals surface area contributed by atoms with Crippen molar-refractivity contribution in [2.24, 2.45) is 0 Å². The van der Waals surface area contributed by atoms with E-state index in [0.29, 0.717) is 0 Å². The topological polar surface area (TPSA) is 66.8 Å². The molecule has 0 bridgehead atoms. The van der Waals surface area contributed by atoms with Gasteiger partial charge in [-0.3, -0.25) is 4.52 Å². The minimum absolute atomic E-state index is 0.173. The molecule has 0 fully saturated rings. The Morgan fingerprint density at radius 1 is 1.67 bits per heavy atom. The van der Waals surface area contributed by atoms with Crippen molar-refractivity contribution in [3.8, 4) is 0 Å². The van der Waals surface area contributed by atoms with E-state index in [1.54, 1.807) is 0 Å². The van der Waals surface area contributed by atoms with E-state index in [0.717, 1.165) is 5.54 Å². The molecule has 0 spiro atoms. The zero-order valence-corrected chi connectivity index (χ0v) is 6.05. The van der Waals surface area contributed by atoms with Crippen molar-refractivity contribution in [2.45, 2.75) is 0 Å². The highest BCUT2D eigenvalue weighted by Crippen LogP contribution is 2.35. The Morgan fingerprint density at radius 3 is 2.56 bits per heavy atom. The molecule has 4 nitrogen and oxygen atoms in total. The van der Waals surface area contributed by atoms with Crippen LogP contribution >= 0.6 is 19.4 Å². The largest absolute Gasteiger partial charge is 0.469 e. The van der Waals surface area contributed by atoms with Crippen LogP contribution in [-0.2, 0) is 9.09 Å². The van der Waals surface area contributed by atoms with Crippen LogP contribution in [0.25, 0.3) is 0 Å². The van der Waals surface area contributed by atoms with Crippen LogP contribution < -0.4 is 0 Å². The van der Waals surface area contributed by atoms with Crippen LogP contribution in [0.3, 0.4) is 0 Å². The van der Waals surface area contributed by atoms with Gasteiger partial charge in [-0.15, -0.1) is 0 Å². The molecule has 2 N–H and O–H groups in total. The minimum Gasteiger partial charge on any atom is -0.303 e. The molecule has 0 saturated heterocycles. The van der Waals surface area contributed by atoms with E-state index in [9.17, 15) is 4.57 Å². The fourth-order valence-corrected chi connectivity index (χ4v) is 0.529. The van der Waals surface area contributed by atoms with Crippen LogP contribution in [0.1, 0.15) is 0 Å². The van der Waals surface area contributed by atoms with Crippen molar-refractivity contribution in [3.05, 3.63) is 11.6 Å². The first-order chi connectivity index (χ1) is 4.06. The fourth-order valence-electron chi connectivity index (χ4n) is 0.176. The van der Waals surface area contributed by atoms with Crippen molar-refractivity contribution in [1.82, 2.24) is 0 Å². The lowest BCUT2D eigenvalue weighted by Crippen LogP contribution is -1.86. The Morgan fingerprint density at radius 2 is 2.22 bits per heavy atom. The highest BCUT2D eigenvalue weighted by atomic mass is 35.5. The van der Waals surface area contributed by atoms with Gasteiger partial charge in [0.15, 0.2) is 0 Å². The quantitative estimate of drug-likeness (QED) is 0.620. The molecule has 0 saturated carbocycles. The number of halogens is 1. The minimum atomic E-state index is -4.31. The summed E-state index contributed by atoms with van der Waals surface area (Å²) in [5.74, 6) is 0. The second-order valence-electron chi connectivity index (χ2n) is 1.15. The highest BCUT2D eigenvalue weighted by Gasteiger charge is 2.10. The molecule has 0 unspecified atom stereocenters. The molecule has 0 aromatic rings. The summed E-state index contributed by atoms with van der Waals surface area (Å²) in [7, 11) is -4.31. The van der Waals surface area contributed by atoms with Crippen LogP contribution in [0.4, 0.5) is 0 Å². The number of hydrogen-bond acceptors (Lipinski definition) is 2. The normalized spacial score (nSPS) is 12.8. The van der Waals surface area contributed by atoms with Gasteiger partial charge in [0.1, 0.15) is 0 Å². The molecular formula is C3H6ClO4P. The third-order valence-electron chi connectivity index (χ3n) is 0.428. The molecule has 0 radical (unpaired) electrons. The average Bonchev–Trinajstić information content (AvgIpc) is 1.63. The summed E-state index contributed by atoms with van der Waals surface area (Å²) in [5, 5.41) is 0. The van der Waals surface area contributed by atoms with Gasteiger partial charge in [0.05, 0.1) is 6.61 Å². The monoisotopic (exact) mass is 172 g/mol. The molecular weight excluding hydrogens is 166 g/mol. The molecule has 0 aliphatic carbocycles. The summed E-state index contributed by atoms with van der Waals surface area (Å²) in [6, 6.07) is 0. The Balaban J connectivity index is 3.40. The maximum Gasteiger partial charge on any atom is 0.469 e. The van der Waals surface area contributed by atoms with Crippen LogP contribution in [0.2, 0.25) is 0 Å². The van der Waals surface area contributed by atoms with Crippen molar-refractivity contribution in [3.63, 3.8) is 0 Å². The molecule has 0 aromatic carbocycles. The lowest BCUT2D eigenvalue weighted by atomic mass is 10.7. The van der Waals surface area contributed by atoms with Crippen LogP contribution in [0.5, 0.6) is 0 Å². The van der Waals surface area contributed by atoms with E-state index in [1.165, 1.54) is 6.08 Å². The highest BCUT2D eigenvalue weighted by molar-refractivity contribution is 7.46. The fraction of sp³-hybridized carbons (Fsp3) is 0.333. The number of rotatable bonds is 3. The Hall–Kier alpha value is 0.140. The van der Waals surface area contributed by atoms with E-state index in [2.05, 4.69) is 4.52 Å². The third-order valence-corrected chi connectivity index (χ3v) is 1.09. The Labute approximate surface area is 57.3 Å². The third kappa shape index (κ3) is 8.14.